The Bertz CT molecular complexity index is 880. The van der Waals surface area contributed by atoms with Crippen LogP contribution < -0.4 is 5.43 Å². The number of hydrogen-bond donors (Lipinski definition) is 0. The van der Waals surface area contributed by atoms with Crippen molar-refractivity contribution in [3.63, 3.8) is 0 Å². The normalized spacial score (nSPS) is 14.1. The molecule has 1 aromatic carbocycles. The van der Waals surface area contributed by atoms with Crippen molar-refractivity contribution in [3.05, 3.63) is 44.5 Å². The second-order valence-electron chi connectivity index (χ2n) is 5.39. The second kappa shape index (κ2) is 5.60. The van der Waals surface area contributed by atoms with Crippen LogP contribution in [0.3, 0.4) is 0 Å². The van der Waals surface area contributed by atoms with Crippen molar-refractivity contribution in [2.75, 3.05) is 0 Å². The molecule has 0 unspecified atom stereocenters. The van der Waals surface area contributed by atoms with Crippen molar-refractivity contribution >= 4 is 35.9 Å². The van der Waals surface area contributed by atoms with Crippen LogP contribution in [0.5, 0.6) is 0 Å². The summed E-state index contributed by atoms with van der Waals surface area (Å²) in [5.41, 5.74) is -1.04. The molecule has 120 valence electrons. The van der Waals surface area contributed by atoms with Crippen LogP contribution in [-0.4, -0.2) is 18.0 Å². The zero-order valence-corrected chi connectivity index (χ0v) is 12.7. The predicted octanol–water partition coefficient (Wildman–Crippen LogP) is 3.52. The third-order valence-electron chi connectivity index (χ3n) is 3.73. The molecular weight excluding hydrogens is 333 g/mol. The molecule has 0 saturated heterocycles. The van der Waals surface area contributed by atoms with Gasteiger partial charge in [0.25, 0.3) is 0 Å². The SMILES string of the molecule is Cc1cc2c(=O)c(C(=O)OB(F)F)cn(C3CC3)c2c(Cl)c1F. The molecule has 1 aliphatic carbocycles. The van der Waals surface area contributed by atoms with E-state index in [-0.39, 0.29) is 27.5 Å². The molecule has 0 bridgehead atoms. The highest BCUT2D eigenvalue weighted by Gasteiger charge is 2.31. The van der Waals surface area contributed by atoms with Crippen LogP contribution in [0.25, 0.3) is 10.9 Å². The molecule has 0 N–H and O–H groups in total. The first kappa shape index (κ1) is 15.9. The number of benzene rings is 1. The summed E-state index contributed by atoms with van der Waals surface area (Å²) in [6.45, 7) is 1.42. The smallest absolute Gasteiger partial charge is 0.474 e. The van der Waals surface area contributed by atoms with E-state index in [0.717, 1.165) is 19.0 Å². The molecule has 0 spiro atoms. The summed E-state index contributed by atoms with van der Waals surface area (Å²) in [4.78, 5) is 24.2. The van der Waals surface area contributed by atoms with Gasteiger partial charge in [-0.25, -0.2) is 17.8 Å². The van der Waals surface area contributed by atoms with Gasteiger partial charge in [-0.1, -0.05) is 11.6 Å². The molecule has 1 fully saturated rings. The third-order valence-corrected chi connectivity index (χ3v) is 4.08. The Morgan fingerprint density at radius 1 is 1.43 bits per heavy atom. The Kier molecular flexibility index (Phi) is 3.87. The van der Waals surface area contributed by atoms with E-state index in [1.807, 2.05) is 0 Å². The lowest BCUT2D eigenvalue weighted by molar-refractivity contribution is 0.0693. The maximum Gasteiger partial charge on any atom is 0.798 e. The Morgan fingerprint density at radius 2 is 2.09 bits per heavy atom. The van der Waals surface area contributed by atoms with Gasteiger partial charge in [0.1, 0.15) is 16.4 Å². The quantitative estimate of drug-likeness (QED) is 0.801. The number of carbonyl (C=O) groups excluding carboxylic acids is 1. The number of halogens is 4. The van der Waals surface area contributed by atoms with Gasteiger partial charge in [0.05, 0.1) is 5.52 Å². The molecule has 0 aliphatic heterocycles. The van der Waals surface area contributed by atoms with Crippen LogP contribution >= 0.6 is 11.6 Å². The maximum atomic E-state index is 14.0. The van der Waals surface area contributed by atoms with E-state index in [4.69, 9.17) is 11.6 Å². The highest BCUT2D eigenvalue weighted by Crippen LogP contribution is 2.39. The highest BCUT2D eigenvalue weighted by atomic mass is 35.5. The van der Waals surface area contributed by atoms with Crippen molar-refractivity contribution in [1.82, 2.24) is 4.57 Å². The van der Waals surface area contributed by atoms with Gasteiger partial charge in [0.2, 0.25) is 5.43 Å². The van der Waals surface area contributed by atoms with Crippen LogP contribution in [0.15, 0.2) is 17.1 Å². The monoisotopic (exact) mass is 343 g/mol. The molecule has 0 radical (unpaired) electrons. The van der Waals surface area contributed by atoms with E-state index in [1.54, 1.807) is 0 Å². The summed E-state index contributed by atoms with van der Waals surface area (Å²) < 4.78 is 43.8. The molecule has 3 rings (SSSR count). The summed E-state index contributed by atoms with van der Waals surface area (Å²) >= 11 is 6.03. The molecular formula is C14H10BClF3NO3. The standard InChI is InChI=1S/C14H10BClF3NO3/c1-6-4-8-12(10(16)11(6)17)20(7-2-3-7)5-9(13(8)21)14(22)23-15(18)19/h4-5,7H,2-3H2,1H3. The number of rotatable bonds is 3. The van der Waals surface area contributed by atoms with E-state index in [9.17, 15) is 22.6 Å². The van der Waals surface area contributed by atoms with E-state index < -0.39 is 30.2 Å². The summed E-state index contributed by atoms with van der Waals surface area (Å²) in [5.74, 6) is -2.07. The van der Waals surface area contributed by atoms with E-state index in [2.05, 4.69) is 4.65 Å². The van der Waals surface area contributed by atoms with E-state index in [1.165, 1.54) is 17.6 Å². The van der Waals surface area contributed by atoms with Crippen molar-refractivity contribution in [2.24, 2.45) is 0 Å². The van der Waals surface area contributed by atoms with Gasteiger partial charge >= 0.3 is 13.4 Å². The number of fused-ring (bicyclic) bond motifs is 1. The van der Waals surface area contributed by atoms with Gasteiger partial charge in [0, 0.05) is 17.6 Å². The Balaban J connectivity index is 2.33. The summed E-state index contributed by atoms with van der Waals surface area (Å²) in [7, 11) is -3.33. The summed E-state index contributed by atoms with van der Waals surface area (Å²) in [5, 5.41) is -0.220. The number of pyridine rings is 1. The number of carbonyl (C=O) groups is 1. The van der Waals surface area contributed by atoms with Gasteiger partial charge in [-0.2, -0.15) is 0 Å². The molecule has 23 heavy (non-hydrogen) atoms. The number of nitrogens with zero attached hydrogens (tertiary/aromatic N) is 1. The maximum absolute atomic E-state index is 14.0. The minimum Gasteiger partial charge on any atom is -0.474 e. The first-order valence-electron chi connectivity index (χ1n) is 6.84. The van der Waals surface area contributed by atoms with Crippen LogP contribution in [0, 0.1) is 12.7 Å². The topological polar surface area (TPSA) is 48.3 Å². The third kappa shape index (κ3) is 2.71. The zero-order valence-electron chi connectivity index (χ0n) is 11.9. The Morgan fingerprint density at radius 3 is 2.65 bits per heavy atom. The van der Waals surface area contributed by atoms with Gasteiger partial charge in [-0.05, 0) is 31.4 Å². The van der Waals surface area contributed by atoms with Crippen molar-refractivity contribution < 1.29 is 22.5 Å². The molecule has 1 aromatic heterocycles. The number of aryl methyl sites for hydroxylation is 1. The molecule has 1 aliphatic rings. The Labute approximate surface area is 134 Å². The first-order valence-corrected chi connectivity index (χ1v) is 7.21. The number of aromatic nitrogens is 1. The molecule has 1 heterocycles. The summed E-state index contributed by atoms with van der Waals surface area (Å²) in [6, 6.07) is 1.20. The molecule has 1 saturated carbocycles. The van der Waals surface area contributed by atoms with Gasteiger partial charge < -0.3 is 9.22 Å². The van der Waals surface area contributed by atoms with Crippen molar-refractivity contribution in [2.45, 2.75) is 25.8 Å². The lowest BCUT2D eigenvalue weighted by Gasteiger charge is -2.15. The molecule has 0 atom stereocenters. The predicted molar refractivity (Wildman–Crippen MR) is 79.6 cm³/mol. The zero-order chi connectivity index (χ0) is 16.9. The van der Waals surface area contributed by atoms with E-state index >= 15 is 0 Å². The summed E-state index contributed by atoms with van der Waals surface area (Å²) in [6.07, 6.45) is 2.63. The van der Waals surface area contributed by atoms with Crippen molar-refractivity contribution in [3.8, 4) is 0 Å². The lowest BCUT2D eigenvalue weighted by atomic mass is 10.1. The average molecular weight is 343 g/mol. The van der Waals surface area contributed by atoms with Crippen LogP contribution in [0.1, 0.15) is 34.8 Å². The first-order chi connectivity index (χ1) is 10.8. The average Bonchev–Trinajstić information content (AvgIpc) is 3.29. The molecule has 4 nitrogen and oxygen atoms in total. The minimum atomic E-state index is -3.33. The number of hydrogen-bond acceptors (Lipinski definition) is 3. The van der Waals surface area contributed by atoms with Gasteiger partial charge in [-0.3, -0.25) is 4.79 Å². The second-order valence-corrected chi connectivity index (χ2v) is 5.77. The molecule has 0 amide bonds. The molecule has 2 aromatic rings. The largest absolute Gasteiger partial charge is 0.798 e. The molecule has 9 heteroatoms. The lowest BCUT2D eigenvalue weighted by Crippen LogP contribution is -2.23. The fourth-order valence-corrected chi connectivity index (χ4v) is 2.86. The van der Waals surface area contributed by atoms with Crippen molar-refractivity contribution in [1.29, 1.82) is 0 Å². The highest BCUT2D eigenvalue weighted by molar-refractivity contribution is 6.38. The van der Waals surface area contributed by atoms with Gasteiger partial charge in [-0.15, -0.1) is 0 Å². The van der Waals surface area contributed by atoms with Crippen LogP contribution in [0.4, 0.5) is 13.0 Å². The van der Waals surface area contributed by atoms with Crippen LogP contribution in [0.2, 0.25) is 5.02 Å². The van der Waals surface area contributed by atoms with Gasteiger partial charge in [0.15, 0.2) is 0 Å². The fourth-order valence-electron chi connectivity index (χ4n) is 2.51. The minimum absolute atomic E-state index is 0.00418. The van der Waals surface area contributed by atoms with Crippen LogP contribution in [-0.2, 0) is 4.65 Å². The Hall–Kier alpha value is -1.96. The fraction of sp³-hybridized carbons (Fsp3) is 0.286. The van der Waals surface area contributed by atoms with E-state index in [0.29, 0.717) is 0 Å².